The Morgan fingerprint density at radius 3 is 1.55 bits per heavy atom. The summed E-state index contributed by atoms with van der Waals surface area (Å²) in [5.41, 5.74) is 13.1. The summed E-state index contributed by atoms with van der Waals surface area (Å²) in [5.74, 6) is 0. The number of fused-ring (bicyclic) bond motifs is 8. The molecule has 0 aliphatic rings. The molecule has 2 nitrogen and oxygen atoms in total. The molecule has 10 rings (SSSR count). The molecule has 0 bridgehead atoms. The molecule has 0 spiro atoms. The van der Waals surface area contributed by atoms with E-state index in [1.807, 2.05) is 0 Å². The molecule has 0 fully saturated rings. The van der Waals surface area contributed by atoms with Gasteiger partial charge in [0.25, 0.3) is 0 Å². The molecule has 2 heteroatoms. The van der Waals surface area contributed by atoms with Crippen LogP contribution < -0.4 is 4.90 Å². The van der Waals surface area contributed by atoms with Crippen LogP contribution in [0.2, 0.25) is 0 Å². The lowest BCUT2D eigenvalue weighted by Crippen LogP contribution is -2.08. The number of aromatic nitrogens is 1. The summed E-state index contributed by atoms with van der Waals surface area (Å²) in [6.45, 7) is 0. The molecule has 0 amide bonds. The standard InChI is InChI=1S/C51H36N2/c1-52(40-17-6-3-7-18-40)41-32-30-37(31-33-41)36-26-28-38(29-27-36)43-24-13-25-48-49-46-22-10-8-20-44(46)45-21-9-11-23-47(45)51(49)53(50(43)48)42-19-12-16-39(34-42)35-14-4-2-5-15-35/h2-34H,1H3. The third kappa shape index (κ3) is 5.19. The van der Waals surface area contributed by atoms with Gasteiger partial charge in [0.05, 0.1) is 11.0 Å². The highest BCUT2D eigenvalue weighted by Gasteiger charge is 2.21. The Kier molecular flexibility index (Phi) is 7.40. The number of rotatable bonds is 6. The van der Waals surface area contributed by atoms with Gasteiger partial charge in [0.1, 0.15) is 0 Å². The van der Waals surface area contributed by atoms with Crippen LogP contribution in [0.3, 0.4) is 0 Å². The number of benzene rings is 9. The average Bonchev–Trinajstić information content (AvgIpc) is 3.60. The van der Waals surface area contributed by atoms with E-state index in [0.29, 0.717) is 0 Å². The first-order valence-electron chi connectivity index (χ1n) is 18.2. The molecule has 0 radical (unpaired) electrons. The van der Waals surface area contributed by atoms with E-state index in [-0.39, 0.29) is 0 Å². The molecule has 250 valence electrons. The van der Waals surface area contributed by atoms with Crippen LogP contribution in [0, 0.1) is 0 Å². The van der Waals surface area contributed by atoms with Gasteiger partial charge in [0.2, 0.25) is 0 Å². The second-order valence-corrected chi connectivity index (χ2v) is 13.8. The van der Waals surface area contributed by atoms with Gasteiger partial charge in [-0.05, 0) is 80.4 Å². The predicted octanol–water partition coefficient (Wildman–Crippen LogP) is 13.9. The van der Waals surface area contributed by atoms with Crippen LogP contribution in [-0.2, 0) is 0 Å². The number of para-hydroxylation sites is 2. The lowest BCUT2D eigenvalue weighted by atomic mass is 9.95. The minimum Gasteiger partial charge on any atom is -0.345 e. The van der Waals surface area contributed by atoms with E-state index in [0.717, 1.165) is 11.4 Å². The number of anilines is 2. The average molecular weight is 677 g/mol. The van der Waals surface area contributed by atoms with E-state index in [2.05, 4.69) is 217 Å². The molecule has 1 aromatic heterocycles. The normalized spacial score (nSPS) is 11.5. The molecule has 0 aliphatic carbocycles. The summed E-state index contributed by atoms with van der Waals surface area (Å²) in [5, 5.41) is 7.63. The summed E-state index contributed by atoms with van der Waals surface area (Å²) in [4.78, 5) is 2.22. The van der Waals surface area contributed by atoms with Crippen molar-refractivity contribution in [1.29, 1.82) is 0 Å². The molecular weight excluding hydrogens is 641 g/mol. The summed E-state index contributed by atoms with van der Waals surface area (Å²) < 4.78 is 2.52. The maximum atomic E-state index is 2.52. The second-order valence-electron chi connectivity index (χ2n) is 13.8. The Balaban J connectivity index is 1.17. The van der Waals surface area contributed by atoms with Crippen molar-refractivity contribution < 1.29 is 0 Å². The zero-order valence-corrected chi connectivity index (χ0v) is 29.4. The van der Waals surface area contributed by atoms with E-state index in [4.69, 9.17) is 0 Å². The second kappa shape index (κ2) is 12.7. The maximum Gasteiger partial charge on any atom is 0.0626 e. The van der Waals surface area contributed by atoms with Gasteiger partial charge < -0.3 is 9.47 Å². The first kappa shape index (κ1) is 30.9. The van der Waals surface area contributed by atoms with Crippen LogP contribution >= 0.6 is 0 Å². The molecule has 0 saturated carbocycles. The van der Waals surface area contributed by atoms with Crippen molar-refractivity contribution in [2.24, 2.45) is 0 Å². The quantitative estimate of drug-likeness (QED) is 0.159. The largest absolute Gasteiger partial charge is 0.345 e. The number of hydrogen-bond acceptors (Lipinski definition) is 1. The van der Waals surface area contributed by atoms with Crippen LogP contribution in [0.4, 0.5) is 11.4 Å². The fourth-order valence-corrected chi connectivity index (χ4v) is 8.19. The van der Waals surface area contributed by atoms with Crippen molar-refractivity contribution in [1.82, 2.24) is 4.57 Å². The predicted molar refractivity (Wildman–Crippen MR) is 227 cm³/mol. The Bertz CT molecular complexity index is 2920. The lowest BCUT2D eigenvalue weighted by Gasteiger charge is -2.19. The molecule has 0 unspecified atom stereocenters. The Labute approximate surface area is 309 Å². The van der Waals surface area contributed by atoms with Crippen molar-refractivity contribution in [2.75, 3.05) is 11.9 Å². The van der Waals surface area contributed by atoms with Crippen molar-refractivity contribution >= 4 is 54.7 Å². The zero-order valence-electron chi connectivity index (χ0n) is 29.4. The molecule has 53 heavy (non-hydrogen) atoms. The van der Waals surface area contributed by atoms with E-state index in [1.165, 1.54) is 82.4 Å². The third-order valence-electron chi connectivity index (χ3n) is 10.8. The smallest absolute Gasteiger partial charge is 0.0626 e. The number of nitrogens with zero attached hydrogens (tertiary/aromatic N) is 2. The van der Waals surface area contributed by atoms with Gasteiger partial charge >= 0.3 is 0 Å². The van der Waals surface area contributed by atoms with Crippen molar-refractivity contribution in [3.05, 3.63) is 200 Å². The summed E-state index contributed by atoms with van der Waals surface area (Å²) in [7, 11) is 2.11. The van der Waals surface area contributed by atoms with Crippen LogP contribution in [0.15, 0.2) is 200 Å². The van der Waals surface area contributed by atoms with Crippen molar-refractivity contribution in [3.8, 4) is 39.1 Å². The zero-order chi connectivity index (χ0) is 35.3. The lowest BCUT2D eigenvalue weighted by molar-refractivity contribution is 1.19. The molecule has 0 atom stereocenters. The molecule has 0 saturated heterocycles. The van der Waals surface area contributed by atoms with Gasteiger partial charge in [-0.2, -0.15) is 0 Å². The summed E-state index contributed by atoms with van der Waals surface area (Å²) >= 11 is 0. The van der Waals surface area contributed by atoms with E-state index < -0.39 is 0 Å². The SMILES string of the molecule is CN(c1ccccc1)c1ccc(-c2ccc(-c3cccc4c5c6ccccc6c6ccccc6c5n(-c5cccc(-c6ccccc6)c5)c34)cc2)cc1. The molecule has 10 aromatic rings. The molecule has 9 aromatic carbocycles. The van der Waals surface area contributed by atoms with E-state index >= 15 is 0 Å². The summed E-state index contributed by atoms with van der Waals surface area (Å²) in [6.07, 6.45) is 0. The molecular formula is C51H36N2. The minimum absolute atomic E-state index is 1.15. The first-order valence-corrected chi connectivity index (χ1v) is 18.2. The third-order valence-corrected chi connectivity index (χ3v) is 10.8. The monoisotopic (exact) mass is 676 g/mol. The Morgan fingerprint density at radius 1 is 0.340 bits per heavy atom. The minimum atomic E-state index is 1.15. The fourth-order valence-electron chi connectivity index (χ4n) is 8.19. The Morgan fingerprint density at radius 2 is 0.830 bits per heavy atom. The van der Waals surface area contributed by atoms with Gasteiger partial charge in [0.15, 0.2) is 0 Å². The van der Waals surface area contributed by atoms with Gasteiger partial charge in [-0.1, -0.05) is 164 Å². The van der Waals surface area contributed by atoms with Crippen LogP contribution in [0.25, 0.3) is 82.4 Å². The van der Waals surface area contributed by atoms with Crippen LogP contribution in [0.5, 0.6) is 0 Å². The molecule has 1 heterocycles. The van der Waals surface area contributed by atoms with Crippen molar-refractivity contribution in [2.45, 2.75) is 0 Å². The Hall–Kier alpha value is -6.90. The van der Waals surface area contributed by atoms with Crippen LogP contribution in [-0.4, -0.2) is 11.6 Å². The van der Waals surface area contributed by atoms with Crippen molar-refractivity contribution in [3.63, 3.8) is 0 Å². The fraction of sp³-hybridized carbons (Fsp3) is 0.0196. The van der Waals surface area contributed by atoms with Gasteiger partial charge in [-0.15, -0.1) is 0 Å². The highest BCUT2D eigenvalue weighted by molar-refractivity contribution is 6.33. The molecule has 0 aliphatic heterocycles. The van der Waals surface area contributed by atoms with Crippen LogP contribution in [0.1, 0.15) is 0 Å². The maximum absolute atomic E-state index is 2.52. The first-order chi connectivity index (χ1) is 26.2. The topological polar surface area (TPSA) is 8.17 Å². The van der Waals surface area contributed by atoms with Gasteiger partial charge in [0, 0.05) is 45.8 Å². The van der Waals surface area contributed by atoms with E-state index in [9.17, 15) is 0 Å². The highest BCUT2D eigenvalue weighted by Crippen LogP contribution is 2.45. The summed E-state index contributed by atoms with van der Waals surface area (Å²) in [6, 6.07) is 72.7. The number of hydrogen-bond donors (Lipinski definition) is 0. The molecule has 0 N–H and O–H groups in total. The van der Waals surface area contributed by atoms with Gasteiger partial charge in [-0.3, -0.25) is 0 Å². The van der Waals surface area contributed by atoms with Gasteiger partial charge in [-0.25, -0.2) is 0 Å². The highest BCUT2D eigenvalue weighted by atomic mass is 15.1. The van der Waals surface area contributed by atoms with E-state index in [1.54, 1.807) is 0 Å².